The second-order valence-electron chi connectivity index (χ2n) is 12.8. The average molecular weight is 909 g/mol. The summed E-state index contributed by atoms with van der Waals surface area (Å²) >= 11 is 1.29. The van der Waals surface area contributed by atoms with E-state index >= 15 is 0 Å². The lowest BCUT2D eigenvalue weighted by Gasteiger charge is -2.42. The zero-order valence-electron chi connectivity index (χ0n) is 29.9. The summed E-state index contributed by atoms with van der Waals surface area (Å²) in [6, 6.07) is 14.0. The minimum Gasteiger partial charge on any atom is -0.496 e. The van der Waals surface area contributed by atoms with E-state index in [9.17, 15) is 83.8 Å². The van der Waals surface area contributed by atoms with Crippen molar-refractivity contribution in [2.75, 3.05) is 13.7 Å². The topological polar surface area (TPSA) is 51.7 Å². The summed E-state index contributed by atoms with van der Waals surface area (Å²) in [4.78, 5) is 19.9. The van der Waals surface area contributed by atoms with Crippen molar-refractivity contribution in [2.24, 2.45) is 0 Å². The standard InChI is InChI=1S/C36H26F18N2O3S/c1-58-27-15-23(59-12-5-11-29(38,39)30(40,41)31(42,43)32(44,45)33(46,47)34(48,49)35(50,51)36(52,53)54)10-9-20(27)18-56(19-24-6-4-13-60-24)28(57)22-14-21(16-55-17-22)25-7-2-3-8-26(25)37/h2-4,6-10,13-17H,5,11-12,18-19H2,1H3. The quantitative estimate of drug-likeness (QED) is 0.0737. The number of hydrogen-bond acceptors (Lipinski definition) is 5. The van der Waals surface area contributed by atoms with Gasteiger partial charge in [0, 0.05) is 46.4 Å². The van der Waals surface area contributed by atoms with E-state index in [2.05, 4.69) is 4.98 Å². The second kappa shape index (κ2) is 16.9. The van der Waals surface area contributed by atoms with Crippen molar-refractivity contribution >= 4 is 17.2 Å². The van der Waals surface area contributed by atoms with E-state index in [1.165, 1.54) is 59.0 Å². The van der Waals surface area contributed by atoms with Crippen LogP contribution in [0.15, 0.2) is 78.4 Å². The number of carbonyl (C=O) groups is 1. The van der Waals surface area contributed by atoms with E-state index in [1.807, 2.05) is 0 Å². The van der Waals surface area contributed by atoms with Crippen molar-refractivity contribution < 1.29 is 93.3 Å². The summed E-state index contributed by atoms with van der Waals surface area (Å²) in [6.45, 7) is -1.34. The van der Waals surface area contributed by atoms with Crippen molar-refractivity contribution in [1.82, 2.24) is 9.88 Å². The summed E-state index contributed by atoms with van der Waals surface area (Å²) in [5, 5.41) is 1.73. The number of halogens is 18. The molecule has 1 amide bonds. The van der Waals surface area contributed by atoms with Gasteiger partial charge in [-0.2, -0.15) is 74.6 Å². The van der Waals surface area contributed by atoms with E-state index in [1.54, 1.807) is 23.6 Å². The number of pyridine rings is 1. The highest BCUT2D eigenvalue weighted by molar-refractivity contribution is 7.09. The molecular weight excluding hydrogens is 882 g/mol. The molecule has 0 fully saturated rings. The van der Waals surface area contributed by atoms with Gasteiger partial charge in [0.1, 0.15) is 17.3 Å². The Bertz CT molecular complexity index is 2110. The number of thiophene rings is 1. The van der Waals surface area contributed by atoms with Gasteiger partial charge in [-0.05, 0) is 42.1 Å². The summed E-state index contributed by atoms with van der Waals surface area (Å²) in [5.74, 6) is -58.4. The van der Waals surface area contributed by atoms with Gasteiger partial charge < -0.3 is 14.4 Å². The molecule has 0 aliphatic heterocycles. The Kier molecular flexibility index (Phi) is 13.4. The monoisotopic (exact) mass is 908 g/mol. The first-order chi connectivity index (χ1) is 27.5. The van der Waals surface area contributed by atoms with Crippen molar-refractivity contribution in [3.05, 3.63) is 100 Å². The van der Waals surface area contributed by atoms with Crippen LogP contribution in [0.2, 0.25) is 0 Å². The molecule has 4 rings (SSSR count). The molecule has 0 radical (unpaired) electrons. The maximum atomic E-state index is 14.5. The summed E-state index contributed by atoms with van der Waals surface area (Å²) in [7, 11) is 1.14. The molecule has 0 atom stereocenters. The van der Waals surface area contributed by atoms with Crippen molar-refractivity contribution in [2.45, 2.75) is 73.6 Å². The van der Waals surface area contributed by atoms with Crippen molar-refractivity contribution in [3.63, 3.8) is 0 Å². The number of methoxy groups -OCH3 is 1. The summed E-state index contributed by atoms with van der Waals surface area (Å²) in [6.07, 6.45) is -9.40. The lowest BCUT2D eigenvalue weighted by Crippen LogP contribution is -2.74. The lowest BCUT2D eigenvalue weighted by atomic mass is 9.88. The number of aromatic nitrogens is 1. The van der Waals surface area contributed by atoms with Gasteiger partial charge in [0.2, 0.25) is 0 Å². The van der Waals surface area contributed by atoms with E-state index < -0.39 is 78.8 Å². The van der Waals surface area contributed by atoms with Crippen LogP contribution in [0, 0.1) is 5.82 Å². The molecule has 0 aliphatic rings. The van der Waals surface area contributed by atoms with Crippen molar-refractivity contribution in [3.8, 4) is 22.6 Å². The van der Waals surface area contributed by atoms with Gasteiger partial charge in [0.25, 0.3) is 5.91 Å². The Hall–Kier alpha value is -4.90. The van der Waals surface area contributed by atoms with Gasteiger partial charge in [0.05, 0.1) is 32.4 Å². The van der Waals surface area contributed by atoms with Gasteiger partial charge >= 0.3 is 47.6 Å². The maximum Gasteiger partial charge on any atom is 0.460 e. The Labute approximate surface area is 330 Å². The van der Waals surface area contributed by atoms with Crippen LogP contribution in [-0.2, 0) is 13.1 Å². The molecule has 24 heteroatoms. The van der Waals surface area contributed by atoms with E-state index in [0.29, 0.717) is 4.88 Å². The summed E-state index contributed by atoms with van der Waals surface area (Å²) < 4.78 is 256. The van der Waals surface area contributed by atoms with Gasteiger partial charge in [-0.25, -0.2) is 4.39 Å². The van der Waals surface area contributed by atoms with Crippen LogP contribution in [0.1, 0.15) is 33.6 Å². The fourth-order valence-electron chi connectivity index (χ4n) is 5.36. The van der Waals surface area contributed by atoms with Gasteiger partial charge in [-0.15, -0.1) is 11.3 Å². The predicted octanol–water partition coefficient (Wildman–Crippen LogP) is 12.0. The summed E-state index contributed by atoms with van der Waals surface area (Å²) in [5.41, 5.74) is 0.742. The third-order valence-corrected chi connectivity index (χ3v) is 9.56. The van der Waals surface area contributed by atoms with Crippen LogP contribution in [-0.4, -0.2) is 77.1 Å². The molecule has 0 unspecified atom stereocenters. The molecule has 0 bridgehead atoms. The smallest absolute Gasteiger partial charge is 0.460 e. The molecule has 0 saturated heterocycles. The molecule has 4 aromatic rings. The minimum atomic E-state index is -8.70. The van der Waals surface area contributed by atoms with Crippen LogP contribution < -0.4 is 9.47 Å². The molecule has 0 spiro atoms. The maximum absolute atomic E-state index is 14.5. The van der Waals surface area contributed by atoms with Crippen LogP contribution in [0.3, 0.4) is 0 Å². The second-order valence-corrected chi connectivity index (χ2v) is 13.8. The molecule has 2 aromatic carbocycles. The van der Waals surface area contributed by atoms with Gasteiger partial charge in [-0.1, -0.05) is 24.3 Å². The van der Waals surface area contributed by atoms with E-state index in [4.69, 9.17) is 9.47 Å². The first-order valence-electron chi connectivity index (χ1n) is 16.5. The first-order valence-corrected chi connectivity index (χ1v) is 17.4. The Morgan fingerprint density at radius 2 is 1.30 bits per heavy atom. The van der Waals surface area contributed by atoms with Crippen LogP contribution in [0.5, 0.6) is 11.5 Å². The lowest BCUT2D eigenvalue weighted by molar-refractivity contribution is -0.461. The number of alkyl halides is 17. The molecule has 5 nitrogen and oxygen atoms in total. The molecule has 0 N–H and O–H groups in total. The minimum absolute atomic E-state index is 0.0196. The Morgan fingerprint density at radius 1 is 0.700 bits per heavy atom. The number of nitrogens with zero attached hydrogens (tertiary/aromatic N) is 2. The molecule has 0 saturated carbocycles. The molecule has 60 heavy (non-hydrogen) atoms. The molecule has 0 aliphatic carbocycles. The van der Waals surface area contributed by atoms with Crippen LogP contribution in [0.25, 0.3) is 11.1 Å². The number of hydrogen-bond donors (Lipinski definition) is 0. The molecule has 2 aromatic heterocycles. The van der Waals surface area contributed by atoms with Crippen LogP contribution >= 0.6 is 11.3 Å². The molecular formula is C36H26F18N2O3S. The number of benzene rings is 2. The zero-order valence-corrected chi connectivity index (χ0v) is 30.7. The predicted molar refractivity (Wildman–Crippen MR) is 176 cm³/mol. The Balaban J connectivity index is 1.49. The SMILES string of the molecule is COc1cc(OCCCC(F)(F)C(F)(F)C(F)(F)C(F)(F)C(F)(F)C(F)(F)C(F)(F)C(F)(F)F)ccc1CN(Cc1cccs1)C(=O)c1cncc(-c2ccccc2F)c1. The third-order valence-electron chi connectivity index (χ3n) is 8.69. The Morgan fingerprint density at radius 3 is 1.87 bits per heavy atom. The highest BCUT2D eigenvalue weighted by Crippen LogP contribution is 2.64. The fourth-order valence-corrected chi connectivity index (χ4v) is 6.08. The zero-order chi connectivity index (χ0) is 45.3. The third kappa shape index (κ3) is 8.65. The van der Waals surface area contributed by atoms with Crippen molar-refractivity contribution in [1.29, 1.82) is 0 Å². The molecule has 330 valence electrons. The molecule has 2 heterocycles. The first kappa shape index (κ1) is 47.8. The largest absolute Gasteiger partial charge is 0.496 e. The van der Waals surface area contributed by atoms with Gasteiger partial charge in [0.15, 0.2) is 0 Å². The van der Waals surface area contributed by atoms with Crippen LogP contribution in [0.4, 0.5) is 79.0 Å². The number of carbonyl (C=O) groups excluding carboxylic acids is 1. The average Bonchev–Trinajstić information content (AvgIpc) is 3.69. The van der Waals surface area contributed by atoms with E-state index in [-0.39, 0.29) is 46.8 Å². The fraction of sp³-hybridized carbons (Fsp3) is 0.389. The highest BCUT2D eigenvalue weighted by atomic mass is 32.1. The van der Waals surface area contributed by atoms with Gasteiger partial charge in [-0.3, -0.25) is 9.78 Å². The highest BCUT2D eigenvalue weighted by Gasteiger charge is 2.95. The number of rotatable bonds is 18. The normalized spacial score (nSPS) is 13.7. The number of ether oxygens (including phenoxy) is 2. The van der Waals surface area contributed by atoms with E-state index in [0.717, 1.165) is 19.2 Å². The number of amides is 1.